The van der Waals surface area contributed by atoms with Crippen molar-refractivity contribution in [2.75, 3.05) is 13.1 Å². The first kappa shape index (κ1) is 7.73. The molecule has 0 radical (unpaired) electrons. The van der Waals surface area contributed by atoms with Crippen molar-refractivity contribution < 1.29 is 9.59 Å². The number of nitrogens with zero attached hydrogens (tertiary/aromatic N) is 1. The van der Waals surface area contributed by atoms with Gasteiger partial charge in [-0.25, -0.2) is 0 Å². The molecule has 0 aliphatic carbocycles. The second-order valence-electron chi connectivity index (χ2n) is 3.36. The molecule has 0 aromatic heterocycles. The van der Waals surface area contributed by atoms with E-state index in [1.165, 1.54) is 6.42 Å². The first-order valence-electron chi connectivity index (χ1n) is 4.35. The summed E-state index contributed by atoms with van der Waals surface area (Å²) in [6.45, 7) is 2.01. The Hall–Kier alpha value is -0.900. The van der Waals surface area contributed by atoms with E-state index < -0.39 is 0 Å². The minimum absolute atomic E-state index is 0.0311. The molecule has 0 saturated carbocycles. The van der Waals surface area contributed by atoms with Crippen LogP contribution in [-0.2, 0) is 9.59 Å². The molecule has 2 amide bonds. The first-order chi connectivity index (χ1) is 5.77. The van der Waals surface area contributed by atoms with Crippen LogP contribution < -0.4 is 5.32 Å². The van der Waals surface area contributed by atoms with Gasteiger partial charge in [0, 0.05) is 19.5 Å². The Morgan fingerprint density at radius 3 is 2.58 bits per heavy atom. The maximum absolute atomic E-state index is 11.3. The van der Waals surface area contributed by atoms with E-state index in [1.54, 1.807) is 0 Å². The number of rotatable bonds is 1. The molecule has 2 heterocycles. The van der Waals surface area contributed by atoms with E-state index in [9.17, 15) is 9.59 Å². The van der Waals surface area contributed by atoms with E-state index in [-0.39, 0.29) is 17.9 Å². The third kappa shape index (κ3) is 1.22. The predicted octanol–water partition coefficient (Wildman–Crippen LogP) is -0.503. The van der Waals surface area contributed by atoms with Crippen molar-refractivity contribution in [3.05, 3.63) is 0 Å². The van der Waals surface area contributed by atoms with Gasteiger partial charge in [0.05, 0.1) is 6.04 Å². The van der Waals surface area contributed by atoms with Crippen LogP contribution in [0.25, 0.3) is 0 Å². The maximum atomic E-state index is 11.3. The monoisotopic (exact) mass is 168 g/mol. The molecule has 12 heavy (non-hydrogen) atoms. The highest BCUT2D eigenvalue weighted by atomic mass is 16.2. The van der Waals surface area contributed by atoms with E-state index >= 15 is 0 Å². The molecule has 0 aromatic rings. The average Bonchev–Trinajstić information content (AvgIpc) is 1.91. The van der Waals surface area contributed by atoms with Gasteiger partial charge in [-0.1, -0.05) is 0 Å². The zero-order valence-electron chi connectivity index (χ0n) is 6.88. The van der Waals surface area contributed by atoms with Crippen LogP contribution >= 0.6 is 0 Å². The molecule has 0 aromatic carbocycles. The standard InChI is InChI=1S/C8H12N2O2/c11-7-3-2-6(8(12)9-7)10-4-1-5-10/h6H,1-5H2,(H,9,11,12). The fraction of sp³-hybridized carbons (Fsp3) is 0.750. The summed E-state index contributed by atoms with van der Waals surface area (Å²) in [5.74, 6) is -0.234. The highest BCUT2D eigenvalue weighted by Crippen LogP contribution is 2.17. The summed E-state index contributed by atoms with van der Waals surface area (Å²) in [5.41, 5.74) is 0. The molecule has 4 nitrogen and oxygen atoms in total. The van der Waals surface area contributed by atoms with Gasteiger partial charge in [-0.15, -0.1) is 0 Å². The number of hydrogen-bond acceptors (Lipinski definition) is 3. The van der Waals surface area contributed by atoms with Gasteiger partial charge in [-0.2, -0.15) is 0 Å². The Balaban J connectivity index is 1.97. The van der Waals surface area contributed by atoms with Crippen molar-refractivity contribution in [2.45, 2.75) is 25.3 Å². The minimum atomic E-state index is -0.128. The maximum Gasteiger partial charge on any atom is 0.243 e. The summed E-state index contributed by atoms with van der Waals surface area (Å²) in [6, 6.07) is -0.0311. The number of carbonyl (C=O) groups excluding carboxylic acids is 2. The summed E-state index contributed by atoms with van der Waals surface area (Å²) in [7, 11) is 0. The first-order valence-corrected chi connectivity index (χ1v) is 4.35. The molecule has 1 N–H and O–H groups in total. The SMILES string of the molecule is O=C1CCC(N2CCC2)C(=O)N1. The van der Waals surface area contributed by atoms with E-state index in [0.717, 1.165) is 13.1 Å². The topological polar surface area (TPSA) is 49.4 Å². The number of hydrogen-bond donors (Lipinski definition) is 1. The molecule has 2 saturated heterocycles. The van der Waals surface area contributed by atoms with Crippen LogP contribution in [-0.4, -0.2) is 35.8 Å². The van der Waals surface area contributed by atoms with Gasteiger partial charge in [0.1, 0.15) is 0 Å². The summed E-state index contributed by atoms with van der Waals surface area (Å²) in [4.78, 5) is 24.2. The largest absolute Gasteiger partial charge is 0.295 e. The highest BCUT2D eigenvalue weighted by molar-refractivity contribution is 6.00. The van der Waals surface area contributed by atoms with E-state index in [1.807, 2.05) is 0 Å². The average molecular weight is 168 g/mol. The minimum Gasteiger partial charge on any atom is -0.295 e. The van der Waals surface area contributed by atoms with Crippen molar-refractivity contribution in [1.82, 2.24) is 10.2 Å². The molecule has 2 aliphatic heterocycles. The van der Waals surface area contributed by atoms with Crippen LogP contribution in [0.1, 0.15) is 19.3 Å². The summed E-state index contributed by atoms with van der Waals surface area (Å²) < 4.78 is 0. The van der Waals surface area contributed by atoms with Crippen molar-refractivity contribution in [3.63, 3.8) is 0 Å². The van der Waals surface area contributed by atoms with Gasteiger partial charge < -0.3 is 0 Å². The molecule has 1 unspecified atom stereocenters. The number of piperidine rings is 1. The number of nitrogens with one attached hydrogen (secondary N) is 1. The molecular formula is C8H12N2O2. The molecule has 66 valence electrons. The van der Waals surface area contributed by atoms with Crippen LogP contribution in [0.5, 0.6) is 0 Å². The van der Waals surface area contributed by atoms with Crippen molar-refractivity contribution in [1.29, 1.82) is 0 Å². The second-order valence-corrected chi connectivity index (χ2v) is 3.36. The zero-order valence-corrected chi connectivity index (χ0v) is 6.88. The number of imide groups is 1. The number of carbonyl (C=O) groups is 2. The predicted molar refractivity (Wildman–Crippen MR) is 42.4 cm³/mol. The summed E-state index contributed by atoms with van der Waals surface area (Å²) >= 11 is 0. The van der Waals surface area contributed by atoms with Crippen LogP contribution in [0.15, 0.2) is 0 Å². The Morgan fingerprint density at radius 2 is 2.08 bits per heavy atom. The zero-order chi connectivity index (χ0) is 8.55. The highest BCUT2D eigenvalue weighted by Gasteiger charge is 2.33. The molecule has 2 rings (SSSR count). The quantitative estimate of drug-likeness (QED) is 0.537. The molecule has 0 spiro atoms. The number of likely N-dealkylation sites (tertiary alicyclic amines) is 1. The molecule has 2 aliphatic rings. The van der Waals surface area contributed by atoms with Gasteiger partial charge in [0.25, 0.3) is 0 Å². The number of amides is 2. The normalized spacial score (nSPS) is 31.2. The van der Waals surface area contributed by atoms with Gasteiger partial charge in [0.15, 0.2) is 0 Å². The van der Waals surface area contributed by atoms with Gasteiger partial charge in [0.2, 0.25) is 11.8 Å². The Kier molecular flexibility index (Phi) is 1.84. The van der Waals surface area contributed by atoms with Gasteiger partial charge in [-0.3, -0.25) is 19.8 Å². The molecule has 2 fully saturated rings. The molecular weight excluding hydrogens is 156 g/mol. The van der Waals surface area contributed by atoms with Crippen LogP contribution in [0.3, 0.4) is 0 Å². The Morgan fingerprint density at radius 1 is 1.33 bits per heavy atom. The van der Waals surface area contributed by atoms with E-state index in [4.69, 9.17) is 0 Å². The fourth-order valence-electron chi connectivity index (χ4n) is 1.68. The smallest absolute Gasteiger partial charge is 0.243 e. The lowest BCUT2D eigenvalue weighted by Crippen LogP contribution is -2.56. The van der Waals surface area contributed by atoms with Crippen LogP contribution in [0.2, 0.25) is 0 Å². The lowest BCUT2D eigenvalue weighted by molar-refractivity contribution is -0.138. The third-order valence-electron chi connectivity index (χ3n) is 2.54. The molecule has 1 atom stereocenters. The van der Waals surface area contributed by atoms with Gasteiger partial charge in [-0.05, 0) is 12.8 Å². The van der Waals surface area contributed by atoms with Crippen molar-refractivity contribution in [2.24, 2.45) is 0 Å². The van der Waals surface area contributed by atoms with E-state index in [0.29, 0.717) is 12.8 Å². The second kappa shape index (κ2) is 2.86. The summed E-state index contributed by atoms with van der Waals surface area (Å²) in [6.07, 6.45) is 2.37. The van der Waals surface area contributed by atoms with Crippen molar-refractivity contribution >= 4 is 11.8 Å². The summed E-state index contributed by atoms with van der Waals surface area (Å²) in [5, 5.41) is 2.36. The van der Waals surface area contributed by atoms with E-state index in [2.05, 4.69) is 10.2 Å². The third-order valence-corrected chi connectivity index (χ3v) is 2.54. The van der Waals surface area contributed by atoms with Gasteiger partial charge >= 0.3 is 0 Å². The molecule has 0 bridgehead atoms. The molecule has 4 heteroatoms. The lowest BCUT2D eigenvalue weighted by atomic mass is 10.0. The van der Waals surface area contributed by atoms with Crippen molar-refractivity contribution in [3.8, 4) is 0 Å². The fourth-order valence-corrected chi connectivity index (χ4v) is 1.68. The van der Waals surface area contributed by atoms with Crippen LogP contribution in [0.4, 0.5) is 0 Å². The Labute approximate surface area is 70.9 Å². The Bertz CT molecular complexity index is 223. The lowest BCUT2D eigenvalue weighted by Gasteiger charge is -2.38. The van der Waals surface area contributed by atoms with Crippen LogP contribution in [0, 0.1) is 0 Å².